The molecule has 2 aliphatic rings. The Morgan fingerprint density at radius 2 is 2.24 bits per heavy atom. The fourth-order valence-electron chi connectivity index (χ4n) is 3.62. The molecular weight excluding hydrogens is 282 g/mol. The highest BCUT2D eigenvalue weighted by atomic mass is 32.1. The molecule has 0 radical (unpaired) electrons. The first-order valence-corrected chi connectivity index (χ1v) is 9.05. The van der Waals surface area contributed by atoms with Crippen molar-refractivity contribution in [3.8, 4) is 0 Å². The van der Waals surface area contributed by atoms with Crippen LogP contribution in [0.15, 0.2) is 6.07 Å². The lowest BCUT2D eigenvalue weighted by Gasteiger charge is -2.19. The molecule has 21 heavy (non-hydrogen) atoms. The van der Waals surface area contributed by atoms with E-state index in [1.165, 1.54) is 23.3 Å². The van der Waals surface area contributed by atoms with Crippen LogP contribution in [-0.2, 0) is 12.8 Å². The predicted molar refractivity (Wildman–Crippen MR) is 85.8 cm³/mol. The molecule has 1 aromatic rings. The van der Waals surface area contributed by atoms with Gasteiger partial charge in [0.1, 0.15) is 0 Å². The molecule has 0 spiro atoms. The minimum Gasteiger partial charge on any atom is -0.393 e. The molecule has 3 atom stereocenters. The van der Waals surface area contributed by atoms with Crippen molar-refractivity contribution < 1.29 is 9.90 Å². The van der Waals surface area contributed by atoms with Crippen LogP contribution >= 0.6 is 11.3 Å². The number of fused-ring (bicyclic) bond motifs is 1. The average Bonchev–Trinajstić information content (AvgIpc) is 3.09. The van der Waals surface area contributed by atoms with Gasteiger partial charge in [0.15, 0.2) is 0 Å². The van der Waals surface area contributed by atoms with Gasteiger partial charge in [-0.25, -0.2) is 0 Å². The summed E-state index contributed by atoms with van der Waals surface area (Å²) in [5, 5.41) is 12.6. The third-order valence-corrected chi connectivity index (χ3v) is 6.29. The van der Waals surface area contributed by atoms with Crippen molar-refractivity contribution in [1.82, 2.24) is 5.32 Å². The maximum Gasteiger partial charge on any atom is 0.261 e. The van der Waals surface area contributed by atoms with Gasteiger partial charge >= 0.3 is 0 Å². The van der Waals surface area contributed by atoms with Gasteiger partial charge in [0, 0.05) is 11.4 Å². The molecule has 1 fully saturated rings. The fraction of sp³-hybridized carbons (Fsp3) is 0.706. The Balaban J connectivity index is 1.57. The van der Waals surface area contributed by atoms with E-state index in [1.807, 2.05) is 0 Å². The first-order chi connectivity index (χ1) is 10.2. The van der Waals surface area contributed by atoms with Crippen molar-refractivity contribution in [1.29, 1.82) is 0 Å². The van der Waals surface area contributed by atoms with E-state index >= 15 is 0 Å². The van der Waals surface area contributed by atoms with Crippen LogP contribution in [0, 0.1) is 11.8 Å². The second-order valence-corrected chi connectivity index (χ2v) is 7.76. The Morgan fingerprint density at radius 3 is 2.95 bits per heavy atom. The Labute approximate surface area is 130 Å². The van der Waals surface area contributed by atoms with Crippen LogP contribution in [0.2, 0.25) is 0 Å². The van der Waals surface area contributed by atoms with Gasteiger partial charge in [0.25, 0.3) is 5.91 Å². The summed E-state index contributed by atoms with van der Waals surface area (Å²) in [6, 6.07) is 2.11. The largest absolute Gasteiger partial charge is 0.393 e. The zero-order chi connectivity index (χ0) is 14.8. The standard InChI is InChI=1S/C17H25NO2S/c1-2-11-4-6-15-13(7-11)9-16(21-15)17(20)18-10-12-3-5-14(19)8-12/h9,11-12,14,19H,2-8,10H2,1H3,(H,18,20). The predicted octanol–water partition coefficient (Wildman–Crippen LogP) is 3.15. The van der Waals surface area contributed by atoms with Crippen LogP contribution in [0.4, 0.5) is 0 Å². The number of nitrogens with one attached hydrogen (secondary N) is 1. The average molecular weight is 307 g/mol. The first-order valence-electron chi connectivity index (χ1n) is 8.23. The van der Waals surface area contributed by atoms with Crippen molar-refractivity contribution in [2.75, 3.05) is 6.54 Å². The maximum absolute atomic E-state index is 12.3. The molecule has 0 aromatic carbocycles. The van der Waals surface area contributed by atoms with Crippen molar-refractivity contribution in [3.05, 3.63) is 21.4 Å². The van der Waals surface area contributed by atoms with Crippen LogP contribution in [0.5, 0.6) is 0 Å². The Kier molecular flexibility index (Phi) is 4.65. The maximum atomic E-state index is 12.3. The molecule has 116 valence electrons. The van der Waals surface area contributed by atoms with Crippen LogP contribution in [0.3, 0.4) is 0 Å². The summed E-state index contributed by atoms with van der Waals surface area (Å²) >= 11 is 1.68. The van der Waals surface area contributed by atoms with Crippen LogP contribution in [-0.4, -0.2) is 23.7 Å². The quantitative estimate of drug-likeness (QED) is 0.897. The number of hydrogen-bond donors (Lipinski definition) is 2. The number of rotatable bonds is 4. The number of carbonyl (C=O) groups is 1. The van der Waals surface area contributed by atoms with E-state index in [-0.39, 0.29) is 12.0 Å². The Hall–Kier alpha value is -0.870. The van der Waals surface area contributed by atoms with E-state index in [2.05, 4.69) is 18.3 Å². The second kappa shape index (κ2) is 6.49. The molecule has 1 heterocycles. The van der Waals surface area contributed by atoms with Crippen molar-refractivity contribution in [2.45, 2.75) is 58.0 Å². The highest BCUT2D eigenvalue weighted by Crippen LogP contribution is 2.33. The highest BCUT2D eigenvalue weighted by Gasteiger charge is 2.25. The molecule has 4 heteroatoms. The summed E-state index contributed by atoms with van der Waals surface area (Å²) in [4.78, 5) is 14.6. The second-order valence-electron chi connectivity index (χ2n) is 6.62. The molecule has 0 saturated heterocycles. The SMILES string of the molecule is CCC1CCc2sc(C(=O)NCC3CCC(O)C3)cc2C1. The lowest BCUT2D eigenvalue weighted by atomic mass is 9.87. The number of carbonyl (C=O) groups excluding carboxylic acids is 1. The van der Waals surface area contributed by atoms with E-state index in [1.54, 1.807) is 11.3 Å². The zero-order valence-corrected chi connectivity index (χ0v) is 13.5. The van der Waals surface area contributed by atoms with Gasteiger partial charge in [0.2, 0.25) is 0 Å². The number of thiophene rings is 1. The number of hydrogen-bond acceptors (Lipinski definition) is 3. The molecule has 3 nitrogen and oxygen atoms in total. The smallest absolute Gasteiger partial charge is 0.261 e. The van der Waals surface area contributed by atoms with E-state index in [0.29, 0.717) is 12.5 Å². The van der Waals surface area contributed by atoms with E-state index in [4.69, 9.17) is 0 Å². The third-order valence-electron chi connectivity index (χ3n) is 5.05. The molecule has 3 rings (SSSR count). The summed E-state index contributed by atoms with van der Waals surface area (Å²) in [6.07, 6.45) is 7.37. The highest BCUT2D eigenvalue weighted by molar-refractivity contribution is 7.14. The molecule has 1 amide bonds. The summed E-state index contributed by atoms with van der Waals surface area (Å²) in [7, 11) is 0. The summed E-state index contributed by atoms with van der Waals surface area (Å²) in [5.41, 5.74) is 1.40. The minimum absolute atomic E-state index is 0.0730. The van der Waals surface area contributed by atoms with Crippen LogP contribution in [0.25, 0.3) is 0 Å². The fourth-order valence-corrected chi connectivity index (χ4v) is 4.74. The monoisotopic (exact) mass is 307 g/mol. The number of aryl methyl sites for hydroxylation is 1. The van der Waals surface area contributed by atoms with E-state index in [9.17, 15) is 9.90 Å². The van der Waals surface area contributed by atoms with Gasteiger partial charge < -0.3 is 10.4 Å². The number of aliphatic hydroxyl groups excluding tert-OH is 1. The molecule has 0 bridgehead atoms. The molecule has 0 aliphatic heterocycles. The summed E-state index contributed by atoms with van der Waals surface area (Å²) in [6.45, 7) is 2.96. The lowest BCUT2D eigenvalue weighted by Crippen LogP contribution is -2.28. The molecule has 1 aromatic heterocycles. The van der Waals surface area contributed by atoms with Gasteiger partial charge in [-0.2, -0.15) is 0 Å². The first kappa shape index (κ1) is 15.0. The molecule has 1 saturated carbocycles. The molecule has 2 aliphatic carbocycles. The van der Waals surface area contributed by atoms with E-state index in [0.717, 1.165) is 42.9 Å². The molecule has 2 N–H and O–H groups in total. The number of amides is 1. The van der Waals surface area contributed by atoms with Gasteiger partial charge in [0.05, 0.1) is 11.0 Å². The van der Waals surface area contributed by atoms with Crippen molar-refractivity contribution in [3.63, 3.8) is 0 Å². The molecule has 3 unspecified atom stereocenters. The van der Waals surface area contributed by atoms with Gasteiger partial charge in [-0.05, 0) is 62.0 Å². The van der Waals surface area contributed by atoms with Gasteiger partial charge in [-0.1, -0.05) is 13.3 Å². The van der Waals surface area contributed by atoms with Crippen LogP contribution in [0.1, 0.15) is 59.1 Å². The van der Waals surface area contributed by atoms with Gasteiger partial charge in [-0.3, -0.25) is 4.79 Å². The minimum atomic E-state index is -0.160. The molecular formula is C17H25NO2S. The Morgan fingerprint density at radius 1 is 1.38 bits per heavy atom. The summed E-state index contributed by atoms with van der Waals surface area (Å²) in [5.74, 6) is 1.31. The lowest BCUT2D eigenvalue weighted by molar-refractivity contribution is 0.0949. The Bertz CT molecular complexity index is 511. The van der Waals surface area contributed by atoms with E-state index < -0.39 is 0 Å². The van der Waals surface area contributed by atoms with Gasteiger partial charge in [-0.15, -0.1) is 11.3 Å². The number of aliphatic hydroxyl groups is 1. The van der Waals surface area contributed by atoms with Crippen LogP contribution < -0.4 is 5.32 Å². The zero-order valence-electron chi connectivity index (χ0n) is 12.7. The normalized spacial score (nSPS) is 28.4. The van der Waals surface area contributed by atoms with Crippen molar-refractivity contribution >= 4 is 17.2 Å². The van der Waals surface area contributed by atoms with Crippen molar-refractivity contribution in [2.24, 2.45) is 11.8 Å². The summed E-state index contributed by atoms with van der Waals surface area (Å²) < 4.78 is 0. The third kappa shape index (κ3) is 3.49. The topological polar surface area (TPSA) is 49.3 Å².